The molecule has 0 heterocycles. The standard InChI is InChI=1S/C9H9Cl2NO4S/c1-16-5-9(13)12-6-2-3-8(7(10)4-6)17(11,14)15/h2-4H,5H2,1H3,(H,12,13). The Kier molecular flexibility index (Phi) is 4.76. The minimum absolute atomic E-state index is 0.0600. The Labute approximate surface area is 108 Å². The largest absolute Gasteiger partial charge is 0.375 e. The highest BCUT2D eigenvalue weighted by atomic mass is 35.7. The van der Waals surface area contributed by atoms with Gasteiger partial charge in [0, 0.05) is 23.5 Å². The molecule has 1 amide bonds. The summed E-state index contributed by atoms with van der Waals surface area (Å²) in [6, 6.07) is 3.90. The highest BCUT2D eigenvalue weighted by Crippen LogP contribution is 2.27. The molecule has 1 rings (SSSR count). The number of carbonyl (C=O) groups is 1. The minimum atomic E-state index is -3.89. The Bertz CT molecular complexity index is 530. The first-order valence-electron chi connectivity index (χ1n) is 4.37. The Morgan fingerprint density at radius 3 is 2.59 bits per heavy atom. The van der Waals surface area contributed by atoms with E-state index in [1.807, 2.05) is 0 Å². The van der Waals surface area contributed by atoms with Crippen LogP contribution >= 0.6 is 22.3 Å². The molecule has 0 saturated heterocycles. The van der Waals surface area contributed by atoms with Crippen molar-refractivity contribution in [3.63, 3.8) is 0 Å². The number of hydrogen-bond acceptors (Lipinski definition) is 4. The van der Waals surface area contributed by atoms with Crippen molar-refractivity contribution in [3.8, 4) is 0 Å². The van der Waals surface area contributed by atoms with E-state index in [9.17, 15) is 13.2 Å². The molecular weight excluding hydrogens is 289 g/mol. The Morgan fingerprint density at radius 2 is 2.12 bits per heavy atom. The number of carbonyl (C=O) groups excluding carboxylic acids is 1. The molecule has 0 saturated carbocycles. The maximum Gasteiger partial charge on any atom is 0.262 e. The molecule has 0 aromatic heterocycles. The molecule has 17 heavy (non-hydrogen) atoms. The lowest BCUT2D eigenvalue weighted by Gasteiger charge is -2.06. The zero-order valence-corrected chi connectivity index (χ0v) is 11.1. The fourth-order valence-electron chi connectivity index (χ4n) is 1.10. The molecule has 0 spiro atoms. The summed E-state index contributed by atoms with van der Waals surface area (Å²) in [5, 5.41) is 2.42. The van der Waals surface area contributed by atoms with Crippen molar-refractivity contribution in [3.05, 3.63) is 23.2 Å². The number of amides is 1. The lowest BCUT2D eigenvalue weighted by molar-refractivity contribution is -0.119. The Balaban J connectivity index is 2.94. The number of rotatable bonds is 4. The predicted molar refractivity (Wildman–Crippen MR) is 65.0 cm³/mol. The van der Waals surface area contributed by atoms with E-state index in [1.165, 1.54) is 25.3 Å². The number of ether oxygens (including phenoxy) is 1. The van der Waals surface area contributed by atoms with E-state index in [4.69, 9.17) is 22.3 Å². The summed E-state index contributed by atoms with van der Waals surface area (Å²) in [7, 11) is 2.65. The Hall–Kier alpha value is -0.820. The number of nitrogens with one attached hydrogen (secondary N) is 1. The fraction of sp³-hybridized carbons (Fsp3) is 0.222. The van der Waals surface area contributed by atoms with Gasteiger partial charge in [0.05, 0.1) is 5.02 Å². The summed E-state index contributed by atoms with van der Waals surface area (Å²) in [6.07, 6.45) is 0. The van der Waals surface area contributed by atoms with Crippen LogP contribution in [0.25, 0.3) is 0 Å². The van der Waals surface area contributed by atoms with E-state index >= 15 is 0 Å². The molecule has 8 heteroatoms. The molecular formula is C9H9Cl2NO4S. The summed E-state index contributed by atoms with van der Waals surface area (Å²) >= 11 is 5.73. The third-order valence-electron chi connectivity index (χ3n) is 1.75. The first-order chi connectivity index (χ1) is 7.84. The molecule has 0 fully saturated rings. The van der Waals surface area contributed by atoms with Crippen molar-refractivity contribution < 1.29 is 17.9 Å². The third kappa shape index (κ3) is 4.16. The van der Waals surface area contributed by atoms with E-state index < -0.39 is 9.05 Å². The molecule has 0 aliphatic carbocycles. The normalized spacial score (nSPS) is 11.2. The summed E-state index contributed by atoms with van der Waals surface area (Å²) in [5.74, 6) is -0.370. The first kappa shape index (κ1) is 14.2. The average Bonchev–Trinajstić information content (AvgIpc) is 2.15. The van der Waals surface area contributed by atoms with Crippen molar-refractivity contribution in [1.29, 1.82) is 0 Å². The number of hydrogen-bond donors (Lipinski definition) is 1. The van der Waals surface area contributed by atoms with Gasteiger partial charge < -0.3 is 10.1 Å². The van der Waals surface area contributed by atoms with E-state index in [0.29, 0.717) is 5.69 Å². The predicted octanol–water partition coefficient (Wildman–Crippen LogP) is 1.85. The van der Waals surface area contributed by atoms with Gasteiger partial charge in [0.2, 0.25) is 5.91 Å². The minimum Gasteiger partial charge on any atom is -0.375 e. The second kappa shape index (κ2) is 5.68. The molecule has 0 aliphatic heterocycles. The molecule has 1 aromatic carbocycles. The average molecular weight is 298 g/mol. The molecule has 5 nitrogen and oxygen atoms in total. The van der Waals surface area contributed by atoms with Gasteiger partial charge in [-0.3, -0.25) is 4.79 Å². The van der Waals surface area contributed by atoms with E-state index in [2.05, 4.69) is 10.1 Å². The lowest BCUT2D eigenvalue weighted by Crippen LogP contribution is -2.17. The van der Waals surface area contributed by atoms with Gasteiger partial charge in [0.15, 0.2) is 0 Å². The van der Waals surface area contributed by atoms with Crippen molar-refractivity contribution >= 4 is 42.9 Å². The van der Waals surface area contributed by atoms with Crippen LogP contribution in [0, 0.1) is 0 Å². The highest BCUT2D eigenvalue weighted by molar-refractivity contribution is 8.13. The van der Waals surface area contributed by atoms with Crippen LogP contribution in [0.15, 0.2) is 23.1 Å². The van der Waals surface area contributed by atoms with Crippen LogP contribution in [-0.4, -0.2) is 28.0 Å². The number of anilines is 1. The molecule has 0 radical (unpaired) electrons. The zero-order valence-electron chi connectivity index (χ0n) is 8.74. The van der Waals surface area contributed by atoms with E-state index in [-0.39, 0.29) is 22.4 Å². The van der Waals surface area contributed by atoms with E-state index in [0.717, 1.165) is 0 Å². The number of benzene rings is 1. The molecule has 1 aromatic rings. The van der Waals surface area contributed by atoms with Crippen molar-refractivity contribution in [2.75, 3.05) is 19.0 Å². The quantitative estimate of drug-likeness (QED) is 0.861. The number of methoxy groups -OCH3 is 1. The Morgan fingerprint density at radius 1 is 1.47 bits per heavy atom. The van der Waals surface area contributed by atoms with Gasteiger partial charge in [-0.05, 0) is 18.2 Å². The van der Waals surface area contributed by atoms with Crippen LogP contribution in [0.2, 0.25) is 5.02 Å². The van der Waals surface area contributed by atoms with Crippen LogP contribution in [0.3, 0.4) is 0 Å². The SMILES string of the molecule is COCC(=O)Nc1ccc(S(=O)(=O)Cl)c(Cl)c1. The topological polar surface area (TPSA) is 72.5 Å². The highest BCUT2D eigenvalue weighted by Gasteiger charge is 2.15. The molecule has 1 N–H and O–H groups in total. The maximum absolute atomic E-state index is 11.2. The monoisotopic (exact) mass is 297 g/mol. The van der Waals surface area contributed by atoms with Gasteiger partial charge in [-0.1, -0.05) is 11.6 Å². The van der Waals surface area contributed by atoms with Crippen LogP contribution < -0.4 is 5.32 Å². The van der Waals surface area contributed by atoms with Crippen LogP contribution in [0.5, 0.6) is 0 Å². The van der Waals surface area contributed by atoms with Gasteiger partial charge in [0.1, 0.15) is 11.5 Å². The van der Waals surface area contributed by atoms with Gasteiger partial charge >= 0.3 is 0 Å². The zero-order chi connectivity index (χ0) is 13.1. The summed E-state index contributed by atoms with van der Waals surface area (Å²) < 4.78 is 26.7. The van der Waals surface area contributed by atoms with Crippen LogP contribution in [-0.2, 0) is 18.6 Å². The summed E-state index contributed by atoms with van der Waals surface area (Å²) in [4.78, 5) is 11.0. The fourth-order valence-corrected chi connectivity index (χ4v) is 2.63. The summed E-state index contributed by atoms with van der Waals surface area (Å²) in [6.45, 7) is -0.104. The van der Waals surface area contributed by atoms with Crippen molar-refractivity contribution in [2.45, 2.75) is 4.90 Å². The van der Waals surface area contributed by atoms with Gasteiger partial charge in [-0.2, -0.15) is 0 Å². The second-order valence-corrected chi connectivity index (χ2v) is 6.01. The molecule has 0 unspecified atom stereocenters. The van der Waals surface area contributed by atoms with Crippen molar-refractivity contribution in [2.24, 2.45) is 0 Å². The van der Waals surface area contributed by atoms with Gasteiger partial charge in [-0.15, -0.1) is 0 Å². The molecule has 0 aliphatic rings. The summed E-state index contributed by atoms with van der Waals surface area (Å²) in [5.41, 5.74) is 0.362. The smallest absolute Gasteiger partial charge is 0.262 e. The van der Waals surface area contributed by atoms with Gasteiger partial charge in [0.25, 0.3) is 9.05 Å². The third-order valence-corrected chi connectivity index (χ3v) is 3.56. The van der Waals surface area contributed by atoms with Crippen LogP contribution in [0.4, 0.5) is 5.69 Å². The second-order valence-electron chi connectivity index (χ2n) is 3.06. The van der Waals surface area contributed by atoms with Crippen molar-refractivity contribution in [1.82, 2.24) is 0 Å². The molecule has 0 bridgehead atoms. The van der Waals surface area contributed by atoms with Gasteiger partial charge in [-0.25, -0.2) is 8.42 Å². The number of halogens is 2. The molecule has 0 atom stereocenters. The van der Waals surface area contributed by atoms with E-state index in [1.54, 1.807) is 0 Å². The lowest BCUT2D eigenvalue weighted by atomic mass is 10.3. The first-order valence-corrected chi connectivity index (χ1v) is 7.06. The maximum atomic E-state index is 11.2. The van der Waals surface area contributed by atoms with Crippen LogP contribution in [0.1, 0.15) is 0 Å². The molecule has 94 valence electrons.